The highest BCUT2D eigenvalue weighted by Crippen LogP contribution is 2.68. The summed E-state index contributed by atoms with van der Waals surface area (Å²) in [5, 5.41) is 9.56. The van der Waals surface area contributed by atoms with Gasteiger partial charge in [-0.2, -0.15) is 0 Å². The number of ether oxygens (including phenoxy) is 2. The summed E-state index contributed by atoms with van der Waals surface area (Å²) in [6.45, 7) is 0. The molecule has 7 heteroatoms. The Bertz CT molecular complexity index is 954. The van der Waals surface area contributed by atoms with Gasteiger partial charge >= 0.3 is 5.97 Å². The number of hydrogen-bond donors (Lipinski definition) is 1. The van der Waals surface area contributed by atoms with Crippen molar-refractivity contribution in [2.24, 2.45) is 17.3 Å². The van der Waals surface area contributed by atoms with Crippen molar-refractivity contribution in [1.82, 2.24) is 0 Å². The van der Waals surface area contributed by atoms with Gasteiger partial charge in [-0.3, -0.25) is 4.79 Å². The molecule has 2 aromatic carbocycles. The minimum atomic E-state index is -1.08. The molecule has 2 aromatic rings. The van der Waals surface area contributed by atoms with E-state index < -0.39 is 23.0 Å². The molecule has 1 N–H and O–H groups in total. The van der Waals surface area contributed by atoms with Crippen molar-refractivity contribution in [3.8, 4) is 11.5 Å². The van der Waals surface area contributed by atoms with Crippen molar-refractivity contribution >= 4 is 12.3 Å². The first-order chi connectivity index (χ1) is 14.8. The van der Waals surface area contributed by atoms with Crippen LogP contribution < -0.4 is 9.47 Å². The van der Waals surface area contributed by atoms with Gasteiger partial charge in [-0.1, -0.05) is 12.1 Å². The number of rotatable bonds is 9. The number of carboxylic acid groups (broad SMARTS) is 1. The smallest absolute Gasteiger partial charge is 0.304 e. The first-order valence-electron chi connectivity index (χ1n) is 10.2. The van der Waals surface area contributed by atoms with E-state index in [1.54, 1.807) is 24.3 Å². The number of hydrogen-bond acceptors (Lipinski definition) is 4. The molecule has 31 heavy (non-hydrogen) atoms. The van der Waals surface area contributed by atoms with Gasteiger partial charge in [-0.05, 0) is 71.9 Å². The molecule has 0 spiro atoms. The second kappa shape index (κ2) is 7.94. The maximum absolute atomic E-state index is 14.2. The van der Waals surface area contributed by atoms with Crippen LogP contribution in [0.3, 0.4) is 0 Å². The number of aldehydes is 1. The van der Waals surface area contributed by atoms with Crippen LogP contribution in [0.25, 0.3) is 0 Å². The van der Waals surface area contributed by atoms with Gasteiger partial charge in [-0.25, -0.2) is 8.78 Å². The highest BCUT2D eigenvalue weighted by atomic mass is 19.1. The number of carboxylic acids is 1. The lowest BCUT2D eigenvalue weighted by Gasteiger charge is -2.28. The van der Waals surface area contributed by atoms with Gasteiger partial charge in [0.25, 0.3) is 0 Å². The van der Waals surface area contributed by atoms with Crippen LogP contribution in [0.5, 0.6) is 11.5 Å². The Kier molecular flexibility index (Phi) is 5.45. The number of carbonyl (C=O) groups excluding carboxylic acids is 1. The highest BCUT2D eigenvalue weighted by molar-refractivity contribution is 5.76. The fraction of sp³-hybridized carbons (Fsp3) is 0.417. The zero-order valence-electron chi connectivity index (χ0n) is 17.3. The maximum atomic E-state index is 14.2. The van der Waals surface area contributed by atoms with Crippen molar-refractivity contribution in [1.29, 1.82) is 0 Å². The van der Waals surface area contributed by atoms with Crippen molar-refractivity contribution in [3.05, 3.63) is 59.2 Å². The minimum Gasteiger partial charge on any atom is -0.494 e. The van der Waals surface area contributed by atoms with Gasteiger partial charge in [0.05, 0.1) is 20.6 Å². The average Bonchev–Trinajstić information content (AvgIpc) is 3.66. The van der Waals surface area contributed by atoms with E-state index in [1.807, 2.05) is 0 Å². The Morgan fingerprint density at radius 1 is 1.00 bits per heavy atom. The molecule has 0 heterocycles. The summed E-state index contributed by atoms with van der Waals surface area (Å²) < 4.78 is 38.3. The van der Waals surface area contributed by atoms with E-state index in [1.165, 1.54) is 26.4 Å². The van der Waals surface area contributed by atoms with Crippen molar-refractivity contribution in [2.75, 3.05) is 14.2 Å². The molecule has 0 aromatic heterocycles. The first kappa shape index (κ1) is 21.3. The molecule has 0 amide bonds. The van der Waals surface area contributed by atoms with Crippen molar-refractivity contribution in [2.45, 2.75) is 31.1 Å². The van der Waals surface area contributed by atoms with Gasteiger partial charge in [0.1, 0.15) is 6.29 Å². The SMILES string of the molecule is COc1ccc(C2CC2C(C=O)(CC(=O)O)C2CC2c2ccc(OC)c(F)c2)cc1F. The summed E-state index contributed by atoms with van der Waals surface area (Å²) >= 11 is 0. The molecule has 0 radical (unpaired) electrons. The summed E-state index contributed by atoms with van der Waals surface area (Å²) in [7, 11) is 2.77. The van der Waals surface area contributed by atoms with E-state index in [4.69, 9.17) is 9.47 Å². The number of carbonyl (C=O) groups is 2. The van der Waals surface area contributed by atoms with E-state index in [0.29, 0.717) is 12.8 Å². The lowest BCUT2D eigenvalue weighted by molar-refractivity contribution is -0.143. The first-order valence-corrected chi connectivity index (χ1v) is 10.2. The maximum Gasteiger partial charge on any atom is 0.304 e. The molecule has 2 aliphatic carbocycles. The summed E-state index contributed by atoms with van der Waals surface area (Å²) in [6.07, 6.45) is 1.70. The number of benzene rings is 2. The molecule has 4 atom stereocenters. The number of halogens is 2. The van der Waals surface area contributed by atoms with Crippen LogP contribution >= 0.6 is 0 Å². The summed E-state index contributed by atoms with van der Waals surface area (Å²) in [5.41, 5.74) is 0.383. The Morgan fingerprint density at radius 2 is 1.45 bits per heavy atom. The molecule has 2 fully saturated rings. The summed E-state index contributed by atoms with van der Waals surface area (Å²) in [4.78, 5) is 24.1. The predicted octanol–water partition coefficient (Wildman–Crippen LogP) is 4.55. The monoisotopic (exact) mass is 430 g/mol. The third-order valence-corrected chi connectivity index (χ3v) is 6.85. The van der Waals surface area contributed by atoms with Crippen molar-refractivity contribution in [3.63, 3.8) is 0 Å². The van der Waals surface area contributed by atoms with Gasteiger partial charge in [0.2, 0.25) is 0 Å². The zero-order valence-corrected chi connectivity index (χ0v) is 17.3. The summed E-state index contributed by atoms with van der Waals surface area (Å²) in [5.74, 6) is -2.35. The van der Waals surface area contributed by atoms with E-state index in [-0.39, 0.29) is 41.6 Å². The third kappa shape index (κ3) is 3.77. The molecular formula is C24H24F2O5. The Morgan fingerprint density at radius 3 is 1.77 bits per heavy atom. The van der Waals surface area contributed by atoms with E-state index in [0.717, 1.165) is 17.4 Å². The van der Waals surface area contributed by atoms with Crippen LogP contribution in [0.15, 0.2) is 36.4 Å². The normalized spacial score (nSPS) is 25.9. The lowest BCUT2D eigenvalue weighted by atomic mass is 9.73. The fourth-order valence-electron chi connectivity index (χ4n) is 5.16. The zero-order chi connectivity index (χ0) is 22.3. The predicted molar refractivity (Wildman–Crippen MR) is 108 cm³/mol. The molecule has 4 rings (SSSR count). The molecular weight excluding hydrogens is 406 g/mol. The molecule has 2 aliphatic rings. The third-order valence-electron chi connectivity index (χ3n) is 6.85. The van der Waals surface area contributed by atoms with Crippen LogP contribution in [0.1, 0.15) is 42.2 Å². The van der Waals surface area contributed by atoms with E-state index in [9.17, 15) is 23.5 Å². The van der Waals surface area contributed by atoms with Gasteiger partial charge in [0.15, 0.2) is 23.1 Å². The van der Waals surface area contributed by atoms with Gasteiger partial charge < -0.3 is 19.4 Å². The average molecular weight is 430 g/mol. The lowest BCUT2D eigenvalue weighted by Crippen LogP contribution is -2.32. The molecule has 0 saturated heterocycles. The Balaban J connectivity index is 1.60. The molecule has 0 bridgehead atoms. The Labute approximate surface area is 179 Å². The van der Waals surface area contributed by atoms with Gasteiger partial charge in [0, 0.05) is 5.41 Å². The van der Waals surface area contributed by atoms with Crippen LogP contribution in [0.4, 0.5) is 8.78 Å². The van der Waals surface area contributed by atoms with Crippen LogP contribution in [0.2, 0.25) is 0 Å². The van der Waals surface area contributed by atoms with Crippen LogP contribution in [-0.2, 0) is 9.59 Å². The van der Waals surface area contributed by atoms with Gasteiger partial charge in [-0.15, -0.1) is 0 Å². The molecule has 2 saturated carbocycles. The molecule has 0 aliphatic heterocycles. The topological polar surface area (TPSA) is 72.8 Å². The second-order valence-electron chi connectivity index (χ2n) is 8.49. The van der Waals surface area contributed by atoms with Crippen LogP contribution in [-0.4, -0.2) is 31.6 Å². The van der Waals surface area contributed by atoms with Crippen LogP contribution in [0, 0.1) is 28.9 Å². The highest BCUT2D eigenvalue weighted by Gasteiger charge is 2.63. The Hall–Kier alpha value is -2.96. The number of aliphatic carboxylic acids is 1. The molecule has 164 valence electrons. The van der Waals surface area contributed by atoms with Crippen molar-refractivity contribution < 1.29 is 33.0 Å². The van der Waals surface area contributed by atoms with E-state index in [2.05, 4.69) is 0 Å². The molecule has 5 nitrogen and oxygen atoms in total. The standard InChI is InChI=1S/C24H24F2O5/c1-30-21-5-3-13(7-19(21)25)15-9-17(15)24(12-27,11-23(28)29)18-10-16(18)14-4-6-22(31-2)20(26)8-14/h3-8,12,15-18H,9-11H2,1-2H3,(H,28,29). The summed E-state index contributed by atoms with van der Waals surface area (Å²) in [6, 6.07) is 9.38. The fourth-order valence-corrected chi connectivity index (χ4v) is 5.16. The number of methoxy groups -OCH3 is 2. The second-order valence-corrected chi connectivity index (χ2v) is 8.49. The minimum absolute atomic E-state index is 0.0983. The van der Waals surface area contributed by atoms with E-state index >= 15 is 0 Å². The quantitative estimate of drug-likeness (QED) is 0.591. The molecule has 4 unspecified atom stereocenters. The largest absolute Gasteiger partial charge is 0.494 e.